The van der Waals surface area contributed by atoms with Crippen molar-refractivity contribution in [2.75, 3.05) is 12.4 Å². The van der Waals surface area contributed by atoms with Gasteiger partial charge in [-0.15, -0.1) is 0 Å². The lowest BCUT2D eigenvalue weighted by Crippen LogP contribution is -2.56. The van der Waals surface area contributed by atoms with Crippen molar-refractivity contribution in [2.45, 2.75) is 37.6 Å². The molecule has 7 nitrogen and oxygen atoms in total. The van der Waals surface area contributed by atoms with Crippen LogP contribution in [0.15, 0.2) is 24.3 Å². The van der Waals surface area contributed by atoms with Gasteiger partial charge in [-0.05, 0) is 37.1 Å². The Kier molecular flexibility index (Phi) is 4.88. The van der Waals surface area contributed by atoms with Crippen molar-refractivity contribution in [3.05, 3.63) is 29.8 Å². The molecule has 0 bridgehead atoms. The number of urea groups is 1. The van der Waals surface area contributed by atoms with Crippen LogP contribution >= 0.6 is 0 Å². The summed E-state index contributed by atoms with van der Waals surface area (Å²) in [5.74, 6) is -1.31. The molecule has 124 valence electrons. The van der Waals surface area contributed by atoms with E-state index in [2.05, 4.69) is 5.32 Å². The second-order valence-corrected chi connectivity index (χ2v) is 5.83. The van der Waals surface area contributed by atoms with Crippen molar-refractivity contribution in [1.82, 2.24) is 4.90 Å². The summed E-state index contributed by atoms with van der Waals surface area (Å²) < 4.78 is 0. The van der Waals surface area contributed by atoms with Gasteiger partial charge in [0.15, 0.2) is 0 Å². The summed E-state index contributed by atoms with van der Waals surface area (Å²) in [6.45, 7) is 0. The Morgan fingerprint density at radius 3 is 2.17 bits per heavy atom. The Labute approximate surface area is 134 Å². The van der Waals surface area contributed by atoms with E-state index in [1.54, 1.807) is 24.3 Å². The van der Waals surface area contributed by atoms with E-state index in [0.29, 0.717) is 24.1 Å². The number of primary amides is 1. The molecule has 0 saturated heterocycles. The van der Waals surface area contributed by atoms with Crippen LogP contribution in [0, 0.1) is 0 Å². The Balaban J connectivity index is 2.20. The molecule has 1 aliphatic carbocycles. The first-order valence-corrected chi connectivity index (χ1v) is 7.55. The number of carboxylic acid groups (broad SMARTS) is 1. The maximum absolute atomic E-state index is 12.6. The van der Waals surface area contributed by atoms with Crippen molar-refractivity contribution in [1.29, 1.82) is 0 Å². The standard InChI is InChI=1S/C16H21N3O4/c1-19(16(14(21)22)9-3-2-4-10-16)13(20)11-5-7-12(8-6-11)18-15(17)23/h5-8H,2-4,9-10H2,1H3,(H,21,22)(H3,17,18,23). The van der Waals surface area contributed by atoms with Crippen LogP contribution in [0.1, 0.15) is 42.5 Å². The number of hydrogen-bond acceptors (Lipinski definition) is 3. The summed E-state index contributed by atoms with van der Waals surface area (Å²) in [5.41, 5.74) is 4.73. The molecule has 1 aliphatic rings. The van der Waals surface area contributed by atoms with E-state index in [1.165, 1.54) is 11.9 Å². The number of hydrogen-bond donors (Lipinski definition) is 3. The zero-order chi connectivity index (χ0) is 17.0. The van der Waals surface area contributed by atoms with Gasteiger partial charge in [0.2, 0.25) is 0 Å². The molecule has 0 radical (unpaired) electrons. The van der Waals surface area contributed by atoms with Gasteiger partial charge >= 0.3 is 12.0 Å². The normalized spacial score (nSPS) is 16.4. The highest BCUT2D eigenvalue weighted by atomic mass is 16.4. The molecule has 2 rings (SSSR count). The Bertz CT molecular complexity index is 606. The molecule has 0 atom stereocenters. The van der Waals surface area contributed by atoms with Crippen molar-refractivity contribution in [2.24, 2.45) is 5.73 Å². The minimum Gasteiger partial charge on any atom is -0.479 e. The van der Waals surface area contributed by atoms with Gasteiger partial charge in [0.1, 0.15) is 5.54 Å². The molecular weight excluding hydrogens is 298 g/mol. The molecule has 7 heteroatoms. The minimum atomic E-state index is -1.14. The number of anilines is 1. The van der Waals surface area contributed by atoms with Gasteiger partial charge in [-0.25, -0.2) is 9.59 Å². The third kappa shape index (κ3) is 3.44. The highest BCUT2D eigenvalue weighted by molar-refractivity contribution is 5.98. The lowest BCUT2D eigenvalue weighted by atomic mass is 9.80. The molecule has 0 unspecified atom stereocenters. The number of nitrogens with one attached hydrogen (secondary N) is 1. The molecular formula is C16H21N3O4. The zero-order valence-electron chi connectivity index (χ0n) is 13.0. The summed E-state index contributed by atoms with van der Waals surface area (Å²) in [4.78, 5) is 36.5. The monoisotopic (exact) mass is 319 g/mol. The number of carbonyl (C=O) groups excluding carboxylic acids is 2. The van der Waals surface area contributed by atoms with Crippen molar-refractivity contribution in [3.63, 3.8) is 0 Å². The second-order valence-electron chi connectivity index (χ2n) is 5.83. The molecule has 0 aliphatic heterocycles. The fraction of sp³-hybridized carbons (Fsp3) is 0.438. The van der Waals surface area contributed by atoms with Gasteiger partial charge in [0.25, 0.3) is 5.91 Å². The largest absolute Gasteiger partial charge is 0.479 e. The van der Waals surface area contributed by atoms with Crippen molar-refractivity contribution < 1.29 is 19.5 Å². The van der Waals surface area contributed by atoms with Crippen molar-refractivity contribution >= 4 is 23.6 Å². The highest BCUT2D eigenvalue weighted by Gasteiger charge is 2.45. The van der Waals surface area contributed by atoms with Gasteiger partial charge in [-0.3, -0.25) is 4.79 Å². The lowest BCUT2D eigenvalue weighted by molar-refractivity contribution is -0.151. The quantitative estimate of drug-likeness (QED) is 0.788. The minimum absolute atomic E-state index is 0.347. The third-order valence-electron chi connectivity index (χ3n) is 4.42. The second kappa shape index (κ2) is 6.68. The summed E-state index contributed by atoms with van der Waals surface area (Å²) in [6.07, 6.45) is 3.51. The van der Waals surface area contributed by atoms with Crippen LogP contribution in [0.2, 0.25) is 0 Å². The smallest absolute Gasteiger partial charge is 0.329 e. The van der Waals surface area contributed by atoms with Crippen LogP contribution in [0.4, 0.5) is 10.5 Å². The van der Waals surface area contributed by atoms with Crippen LogP contribution in [0.5, 0.6) is 0 Å². The van der Waals surface area contributed by atoms with E-state index >= 15 is 0 Å². The summed E-state index contributed by atoms with van der Waals surface area (Å²) in [5, 5.41) is 12.1. The molecule has 1 fully saturated rings. The molecule has 0 heterocycles. The Morgan fingerprint density at radius 2 is 1.70 bits per heavy atom. The first-order chi connectivity index (χ1) is 10.9. The Morgan fingerprint density at radius 1 is 1.13 bits per heavy atom. The molecule has 23 heavy (non-hydrogen) atoms. The number of carboxylic acids is 1. The van der Waals surface area contributed by atoms with E-state index < -0.39 is 17.5 Å². The number of benzene rings is 1. The zero-order valence-corrected chi connectivity index (χ0v) is 13.0. The summed E-state index contributed by atoms with van der Waals surface area (Å²) in [7, 11) is 1.54. The van der Waals surface area contributed by atoms with Crippen LogP contribution in [0.25, 0.3) is 0 Å². The van der Waals surface area contributed by atoms with Crippen LogP contribution < -0.4 is 11.1 Å². The maximum Gasteiger partial charge on any atom is 0.329 e. The van der Waals surface area contributed by atoms with E-state index in [-0.39, 0.29) is 5.91 Å². The molecule has 1 aromatic rings. The summed E-state index contributed by atoms with van der Waals surface area (Å²) >= 11 is 0. The molecule has 1 saturated carbocycles. The SMILES string of the molecule is CN(C(=O)c1ccc(NC(N)=O)cc1)C1(C(=O)O)CCCCC1. The number of carbonyl (C=O) groups is 3. The first-order valence-electron chi connectivity index (χ1n) is 7.55. The predicted molar refractivity (Wildman–Crippen MR) is 85.2 cm³/mol. The van der Waals surface area contributed by atoms with E-state index in [4.69, 9.17) is 5.73 Å². The van der Waals surface area contributed by atoms with E-state index in [0.717, 1.165) is 19.3 Å². The van der Waals surface area contributed by atoms with Gasteiger partial charge in [-0.2, -0.15) is 0 Å². The van der Waals surface area contributed by atoms with Crippen LogP contribution in [-0.2, 0) is 4.79 Å². The molecule has 4 N–H and O–H groups in total. The molecule has 3 amide bonds. The number of nitrogens with zero attached hydrogens (tertiary/aromatic N) is 1. The Hall–Kier alpha value is -2.57. The number of amides is 3. The lowest BCUT2D eigenvalue weighted by Gasteiger charge is -2.41. The molecule has 0 aromatic heterocycles. The summed E-state index contributed by atoms with van der Waals surface area (Å²) in [6, 6.07) is 5.51. The van der Waals surface area contributed by atoms with Gasteiger partial charge in [0.05, 0.1) is 0 Å². The first kappa shape index (κ1) is 16.8. The average molecular weight is 319 g/mol. The topological polar surface area (TPSA) is 113 Å². The predicted octanol–water partition coefficient (Wildman–Crippen LogP) is 2.04. The van der Waals surface area contributed by atoms with Gasteiger partial charge < -0.3 is 21.1 Å². The van der Waals surface area contributed by atoms with E-state index in [1.807, 2.05) is 0 Å². The number of likely N-dealkylation sites (N-methyl/N-ethyl adjacent to an activating group) is 1. The van der Waals surface area contributed by atoms with Crippen molar-refractivity contribution in [3.8, 4) is 0 Å². The van der Waals surface area contributed by atoms with Gasteiger partial charge in [-0.1, -0.05) is 19.3 Å². The highest BCUT2D eigenvalue weighted by Crippen LogP contribution is 2.34. The fourth-order valence-electron chi connectivity index (χ4n) is 3.06. The van der Waals surface area contributed by atoms with Crippen LogP contribution in [-0.4, -0.2) is 40.5 Å². The number of nitrogens with two attached hydrogens (primary N) is 1. The molecule has 0 spiro atoms. The maximum atomic E-state index is 12.6. The van der Waals surface area contributed by atoms with E-state index in [9.17, 15) is 19.5 Å². The number of aliphatic carboxylic acids is 1. The van der Waals surface area contributed by atoms with Gasteiger partial charge in [0, 0.05) is 18.3 Å². The van der Waals surface area contributed by atoms with Crippen LogP contribution in [0.3, 0.4) is 0 Å². The number of rotatable bonds is 4. The third-order valence-corrected chi connectivity index (χ3v) is 4.42. The fourth-order valence-corrected chi connectivity index (χ4v) is 3.06. The molecule has 1 aromatic carbocycles. The average Bonchev–Trinajstić information content (AvgIpc) is 2.54.